The Bertz CT molecular complexity index is 857. The Kier molecular flexibility index (Phi) is 4.36. The van der Waals surface area contributed by atoms with Crippen molar-refractivity contribution < 1.29 is 9.53 Å². The minimum atomic E-state index is -0.0997. The third kappa shape index (κ3) is 2.94. The number of allylic oxidation sites excluding steroid dienone is 1. The van der Waals surface area contributed by atoms with Crippen molar-refractivity contribution in [1.29, 1.82) is 0 Å². The number of ether oxygens (including phenoxy) is 1. The van der Waals surface area contributed by atoms with Gasteiger partial charge >= 0.3 is 0 Å². The van der Waals surface area contributed by atoms with Crippen LogP contribution in [0.1, 0.15) is 12.5 Å². The van der Waals surface area contributed by atoms with Crippen LogP contribution in [0.2, 0.25) is 0 Å². The number of para-hydroxylation sites is 1. The van der Waals surface area contributed by atoms with Crippen LogP contribution in [0, 0.1) is 0 Å². The number of nitrogens with one attached hydrogen (secondary N) is 1. The van der Waals surface area contributed by atoms with Crippen LogP contribution in [0.5, 0.6) is 0 Å². The summed E-state index contributed by atoms with van der Waals surface area (Å²) in [5.74, 6) is -0.0997. The van der Waals surface area contributed by atoms with Crippen LogP contribution in [0.4, 0.5) is 17.1 Å². The van der Waals surface area contributed by atoms with Gasteiger partial charge in [0, 0.05) is 35.7 Å². The molecule has 0 aromatic heterocycles. The molecule has 2 heterocycles. The molecule has 3 N–H and O–H groups in total. The third-order valence-electron chi connectivity index (χ3n) is 4.74. The van der Waals surface area contributed by atoms with Gasteiger partial charge in [-0.05, 0) is 37.3 Å². The van der Waals surface area contributed by atoms with Gasteiger partial charge in [0.2, 0.25) is 0 Å². The fraction of sp³-hybridized carbons (Fsp3) is 0.250. The highest BCUT2D eigenvalue weighted by molar-refractivity contribution is 6.32. The van der Waals surface area contributed by atoms with Gasteiger partial charge in [0.15, 0.2) is 0 Å². The lowest BCUT2D eigenvalue weighted by atomic mass is 10.0. The largest absolute Gasteiger partial charge is 0.399 e. The molecule has 0 atom stereocenters. The number of hydrogen-bond acceptors (Lipinski definition) is 5. The third-order valence-corrected chi connectivity index (χ3v) is 4.74. The number of anilines is 3. The highest BCUT2D eigenvalue weighted by Gasteiger charge is 2.31. The number of nitrogens with two attached hydrogens (primary N) is 1. The van der Waals surface area contributed by atoms with Crippen molar-refractivity contribution in [3.05, 3.63) is 59.8 Å². The molecule has 6 heteroatoms. The zero-order chi connectivity index (χ0) is 18.1. The summed E-state index contributed by atoms with van der Waals surface area (Å²) in [7, 11) is 0. The normalized spacial score (nSPS) is 19.0. The van der Waals surface area contributed by atoms with Gasteiger partial charge in [0.05, 0.1) is 24.5 Å². The second-order valence-electron chi connectivity index (χ2n) is 6.43. The molecule has 0 aliphatic carbocycles. The Hall–Kier alpha value is -2.83. The standard InChI is InChI=1S/C20H22N4O2/c1-14(19-17-13-15(21)7-8-18(17)22-20(19)25)24(16-5-3-2-4-6-16)23-9-11-26-12-10-23/h2-8,13H,9-12,21H2,1H3,(H,22,25)/b19-14-. The summed E-state index contributed by atoms with van der Waals surface area (Å²) in [5.41, 5.74) is 10.8. The van der Waals surface area contributed by atoms with Crippen LogP contribution in [0.15, 0.2) is 54.2 Å². The first kappa shape index (κ1) is 16.6. The van der Waals surface area contributed by atoms with E-state index in [1.807, 2.05) is 49.4 Å². The maximum absolute atomic E-state index is 12.7. The highest BCUT2D eigenvalue weighted by atomic mass is 16.5. The quantitative estimate of drug-likeness (QED) is 0.658. The number of carbonyl (C=O) groups is 1. The van der Waals surface area contributed by atoms with E-state index >= 15 is 0 Å². The number of amides is 1. The molecule has 1 fully saturated rings. The van der Waals surface area contributed by atoms with Crippen molar-refractivity contribution >= 4 is 28.5 Å². The molecule has 1 saturated heterocycles. The minimum absolute atomic E-state index is 0.0997. The molecule has 134 valence electrons. The first-order valence-corrected chi connectivity index (χ1v) is 8.75. The van der Waals surface area contributed by atoms with Crippen LogP contribution < -0.4 is 16.1 Å². The van der Waals surface area contributed by atoms with E-state index in [0.29, 0.717) is 24.5 Å². The molecule has 0 unspecified atom stereocenters. The van der Waals surface area contributed by atoms with Crippen LogP contribution in [0.3, 0.4) is 0 Å². The molecule has 2 aliphatic heterocycles. The van der Waals surface area contributed by atoms with E-state index in [-0.39, 0.29) is 5.91 Å². The first-order chi connectivity index (χ1) is 12.6. The number of rotatable bonds is 3. The van der Waals surface area contributed by atoms with E-state index < -0.39 is 0 Å². The molecular weight excluding hydrogens is 328 g/mol. The van der Waals surface area contributed by atoms with Gasteiger partial charge in [-0.1, -0.05) is 18.2 Å². The number of nitrogens with zero attached hydrogens (tertiary/aromatic N) is 2. The molecule has 4 rings (SSSR count). The molecule has 1 amide bonds. The molecule has 0 spiro atoms. The first-order valence-electron chi connectivity index (χ1n) is 8.75. The average Bonchev–Trinajstić information content (AvgIpc) is 2.98. The van der Waals surface area contributed by atoms with Crippen LogP contribution in [0.25, 0.3) is 5.57 Å². The maximum Gasteiger partial charge on any atom is 0.258 e. The van der Waals surface area contributed by atoms with Gasteiger partial charge < -0.3 is 15.8 Å². The van der Waals surface area contributed by atoms with Gasteiger partial charge in [-0.2, -0.15) is 0 Å². The molecule has 0 bridgehead atoms. The SMILES string of the molecule is C/C(=C1/C(=O)Nc2ccc(N)cc21)N(c1ccccc1)N1CCOCC1. The van der Waals surface area contributed by atoms with E-state index in [1.165, 1.54) is 0 Å². The molecule has 2 aliphatic rings. The summed E-state index contributed by atoms with van der Waals surface area (Å²) in [6.07, 6.45) is 0. The van der Waals surface area contributed by atoms with Crippen molar-refractivity contribution in [2.24, 2.45) is 0 Å². The Morgan fingerprint density at radius 2 is 1.88 bits per heavy atom. The van der Waals surface area contributed by atoms with Crippen LogP contribution >= 0.6 is 0 Å². The second kappa shape index (κ2) is 6.82. The highest BCUT2D eigenvalue weighted by Crippen LogP contribution is 2.37. The molecule has 2 aromatic rings. The number of nitrogen functional groups attached to an aromatic ring is 1. The Balaban J connectivity index is 1.84. The maximum atomic E-state index is 12.7. The van der Waals surface area contributed by atoms with Crippen molar-refractivity contribution in [3.8, 4) is 0 Å². The molecule has 0 radical (unpaired) electrons. The van der Waals surface area contributed by atoms with E-state index in [4.69, 9.17) is 10.5 Å². The van der Waals surface area contributed by atoms with Gasteiger partial charge in [0.1, 0.15) is 0 Å². The molecular formula is C20H22N4O2. The molecule has 6 nitrogen and oxygen atoms in total. The number of fused-ring (bicyclic) bond motifs is 1. The Morgan fingerprint density at radius 1 is 1.15 bits per heavy atom. The minimum Gasteiger partial charge on any atom is -0.399 e. The predicted octanol–water partition coefficient (Wildman–Crippen LogP) is 2.71. The Morgan fingerprint density at radius 3 is 2.62 bits per heavy atom. The van der Waals surface area contributed by atoms with Gasteiger partial charge in [-0.15, -0.1) is 0 Å². The number of morpholine rings is 1. The number of hydrazine groups is 1. The van der Waals surface area contributed by atoms with Crippen molar-refractivity contribution in [2.45, 2.75) is 6.92 Å². The summed E-state index contributed by atoms with van der Waals surface area (Å²) in [6.45, 7) is 4.86. The monoisotopic (exact) mass is 350 g/mol. The summed E-state index contributed by atoms with van der Waals surface area (Å²) < 4.78 is 5.50. The van der Waals surface area contributed by atoms with Crippen molar-refractivity contribution in [2.75, 3.05) is 42.4 Å². The van der Waals surface area contributed by atoms with Gasteiger partial charge in [-0.25, -0.2) is 5.01 Å². The summed E-state index contributed by atoms with van der Waals surface area (Å²) in [5, 5.41) is 7.28. The van der Waals surface area contributed by atoms with E-state index in [1.54, 1.807) is 6.07 Å². The van der Waals surface area contributed by atoms with Crippen LogP contribution in [-0.2, 0) is 9.53 Å². The zero-order valence-electron chi connectivity index (χ0n) is 14.7. The number of hydrogen-bond donors (Lipinski definition) is 2. The average molecular weight is 350 g/mol. The van der Waals surface area contributed by atoms with Crippen LogP contribution in [-0.4, -0.2) is 37.2 Å². The van der Waals surface area contributed by atoms with Crippen molar-refractivity contribution in [3.63, 3.8) is 0 Å². The van der Waals surface area contributed by atoms with E-state index in [9.17, 15) is 4.79 Å². The predicted molar refractivity (Wildman–Crippen MR) is 103 cm³/mol. The lowest BCUT2D eigenvalue weighted by Crippen LogP contribution is -2.48. The fourth-order valence-electron chi connectivity index (χ4n) is 3.54. The van der Waals surface area contributed by atoms with E-state index in [2.05, 4.69) is 15.3 Å². The lowest BCUT2D eigenvalue weighted by Gasteiger charge is -2.39. The Labute approximate surface area is 152 Å². The van der Waals surface area contributed by atoms with Crippen molar-refractivity contribution in [1.82, 2.24) is 5.01 Å². The molecule has 2 aromatic carbocycles. The molecule has 0 saturated carbocycles. The summed E-state index contributed by atoms with van der Waals surface area (Å²) >= 11 is 0. The van der Waals surface area contributed by atoms with E-state index in [0.717, 1.165) is 35.7 Å². The molecule has 26 heavy (non-hydrogen) atoms. The van der Waals surface area contributed by atoms with Gasteiger partial charge in [-0.3, -0.25) is 9.80 Å². The van der Waals surface area contributed by atoms with Gasteiger partial charge in [0.25, 0.3) is 5.91 Å². The second-order valence-corrected chi connectivity index (χ2v) is 6.43. The fourth-order valence-corrected chi connectivity index (χ4v) is 3.54. The smallest absolute Gasteiger partial charge is 0.258 e. The topological polar surface area (TPSA) is 70.8 Å². The summed E-state index contributed by atoms with van der Waals surface area (Å²) in [6, 6.07) is 15.6. The zero-order valence-corrected chi connectivity index (χ0v) is 14.7. The number of carbonyl (C=O) groups excluding carboxylic acids is 1. The lowest BCUT2D eigenvalue weighted by molar-refractivity contribution is -0.110. The summed E-state index contributed by atoms with van der Waals surface area (Å²) in [4.78, 5) is 12.7. The number of benzene rings is 2.